The molecular formula is C15H14O6. The van der Waals surface area contributed by atoms with Gasteiger partial charge in [-0.25, -0.2) is 0 Å². The Morgan fingerprint density at radius 1 is 0.952 bits per heavy atom. The van der Waals surface area contributed by atoms with E-state index >= 15 is 0 Å². The minimum absolute atomic E-state index is 0.176. The summed E-state index contributed by atoms with van der Waals surface area (Å²) in [5.74, 6) is -2.11. The summed E-state index contributed by atoms with van der Waals surface area (Å²) < 4.78 is 9.22. The smallest absolute Gasteiger partial charge is 0.315 e. The standard InChI is InChI=1S/C15H14O6/c16-12-5-10(6-13(17)20-12)8-1-3-9(4-2-8)11-7-14(18)21-15(11)19/h1-4,10-11,14,18H,5-7H2. The molecule has 110 valence electrons. The number of carbonyl (C=O) groups is 3. The lowest BCUT2D eigenvalue weighted by Gasteiger charge is -2.20. The maximum Gasteiger partial charge on any atom is 0.315 e. The van der Waals surface area contributed by atoms with E-state index in [-0.39, 0.29) is 25.2 Å². The van der Waals surface area contributed by atoms with Crippen molar-refractivity contribution in [3.8, 4) is 0 Å². The third-order valence-corrected chi connectivity index (χ3v) is 3.84. The van der Waals surface area contributed by atoms with Crippen molar-refractivity contribution in [3.63, 3.8) is 0 Å². The molecule has 0 spiro atoms. The predicted molar refractivity (Wildman–Crippen MR) is 69.0 cm³/mol. The molecule has 0 radical (unpaired) electrons. The van der Waals surface area contributed by atoms with Gasteiger partial charge in [0, 0.05) is 12.3 Å². The summed E-state index contributed by atoms with van der Waals surface area (Å²) in [5.41, 5.74) is 1.61. The van der Waals surface area contributed by atoms with Gasteiger partial charge in [0.25, 0.3) is 0 Å². The molecule has 2 aliphatic rings. The van der Waals surface area contributed by atoms with Crippen molar-refractivity contribution in [3.05, 3.63) is 35.4 Å². The molecule has 0 saturated carbocycles. The average molecular weight is 290 g/mol. The van der Waals surface area contributed by atoms with Gasteiger partial charge in [-0.2, -0.15) is 0 Å². The van der Waals surface area contributed by atoms with Gasteiger partial charge in [-0.15, -0.1) is 0 Å². The second-order valence-electron chi connectivity index (χ2n) is 5.30. The van der Waals surface area contributed by atoms with E-state index in [1.807, 2.05) is 0 Å². The zero-order valence-electron chi connectivity index (χ0n) is 11.2. The summed E-state index contributed by atoms with van der Waals surface area (Å²) in [6.07, 6.45) is -0.454. The molecule has 1 aromatic carbocycles. The SMILES string of the molecule is O=C1CC(c2ccc(C3CC(O)OC3=O)cc2)CC(=O)O1. The molecule has 0 amide bonds. The minimum Gasteiger partial charge on any atom is -0.435 e. The lowest BCUT2D eigenvalue weighted by molar-refractivity contribution is -0.164. The fourth-order valence-corrected chi connectivity index (χ4v) is 2.76. The van der Waals surface area contributed by atoms with Crippen LogP contribution in [0, 0.1) is 0 Å². The van der Waals surface area contributed by atoms with Crippen molar-refractivity contribution in [1.82, 2.24) is 0 Å². The monoisotopic (exact) mass is 290 g/mol. The van der Waals surface area contributed by atoms with Crippen LogP contribution in [0.1, 0.15) is 42.2 Å². The number of ether oxygens (including phenoxy) is 2. The summed E-state index contributed by atoms with van der Waals surface area (Å²) >= 11 is 0. The molecule has 2 heterocycles. The molecule has 2 fully saturated rings. The van der Waals surface area contributed by atoms with Gasteiger partial charge in [0.1, 0.15) is 0 Å². The van der Waals surface area contributed by atoms with Crippen LogP contribution >= 0.6 is 0 Å². The van der Waals surface area contributed by atoms with Gasteiger partial charge in [0.05, 0.1) is 18.8 Å². The quantitative estimate of drug-likeness (QED) is 0.645. The maximum atomic E-state index is 11.6. The van der Waals surface area contributed by atoms with Crippen molar-refractivity contribution in [1.29, 1.82) is 0 Å². The summed E-state index contributed by atoms with van der Waals surface area (Å²) in [7, 11) is 0. The molecule has 1 aromatic rings. The van der Waals surface area contributed by atoms with Crippen LogP contribution in [0.15, 0.2) is 24.3 Å². The van der Waals surface area contributed by atoms with Crippen LogP contribution in [0.3, 0.4) is 0 Å². The van der Waals surface area contributed by atoms with Crippen molar-refractivity contribution in [2.75, 3.05) is 0 Å². The summed E-state index contributed by atoms with van der Waals surface area (Å²) in [6, 6.07) is 7.13. The van der Waals surface area contributed by atoms with Crippen LogP contribution in [-0.2, 0) is 23.9 Å². The van der Waals surface area contributed by atoms with Gasteiger partial charge < -0.3 is 14.6 Å². The normalized spacial score (nSPS) is 26.6. The van der Waals surface area contributed by atoms with Crippen LogP contribution in [-0.4, -0.2) is 29.3 Å². The topological polar surface area (TPSA) is 89.9 Å². The van der Waals surface area contributed by atoms with Gasteiger partial charge in [-0.05, 0) is 11.1 Å². The van der Waals surface area contributed by atoms with Crippen molar-refractivity contribution >= 4 is 17.9 Å². The molecule has 0 bridgehead atoms. The first-order valence-electron chi connectivity index (χ1n) is 6.75. The van der Waals surface area contributed by atoms with Crippen LogP contribution in [0.2, 0.25) is 0 Å². The Labute approximate surface area is 120 Å². The maximum absolute atomic E-state index is 11.6. The highest BCUT2D eigenvalue weighted by atomic mass is 16.6. The number of cyclic esters (lactones) is 3. The zero-order valence-corrected chi connectivity index (χ0v) is 11.2. The highest BCUT2D eigenvalue weighted by Crippen LogP contribution is 2.32. The Bertz CT molecular complexity index is 575. The van der Waals surface area contributed by atoms with E-state index in [1.165, 1.54) is 0 Å². The first-order valence-corrected chi connectivity index (χ1v) is 6.75. The lowest BCUT2D eigenvalue weighted by Crippen LogP contribution is -2.24. The molecule has 3 rings (SSSR count). The van der Waals surface area contributed by atoms with E-state index in [0.717, 1.165) is 11.1 Å². The molecule has 6 nitrogen and oxygen atoms in total. The number of benzene rings is 1. The number of carbonyl (C=O) groups excluding carboxylic acids is 3. The first-order chi connectivity index (χ1) is 10.0. The van der Waals surface area contributed by atoms with E-state index in [4.69, 9.17) is 4.74 Å². The Morgan fingerprint density at radius 2 is 1.52 bits per heavy atom. The number of hydrogen-bond acceptors (Lipinski definition) is 6. The van der Waals surface area contributed by atoms with Gasteiger partial charge >= 0.3 is 17.9 Å². The third kappa shape index (κ3) is 2.80. The predicted octanol–water partition coefficient (Wildman–Crippen LogP) is 0.983. The van der Waals surface area contributed by atoms with Gasteiger partial charge in [-0.1, -0.05) is 24.3 Å². The van der Waals surface area contributed by atoms with Crippen molar-refractivity contribution in [2.24, 2.45) is 0 Å². The van der Waals surface area contributed by atoms with E-state index in [0.29, 0.717) is 0 Å². The molecule has 2 unspecified atom stereocenters. The van der Waals surface area contributed by atoms with Gasteiger partial charge in [0.2, 0.25) is 6.29 Å². The molecule has 2 aliphatic heterocycles. The van der Waals surface area contributed by atoms with Crippen molar-refractivity contribution in [2.45, 2.75) is 37.4 Å². The second kappa shape index (κ2) is 5.29. The Kier molecular flexibility index (Phi) is 3.47. The highest BCUT2D eigenvalue weighted by molar-refractivity contribution is 5.89. The second-order valence-corrected chi connectivity index (χ2v) is 5.30. The summed E-state index contributed by atoms with van der Waals surface area (Å²) in [4.78, 5) is 34.1. The Hall–Kier alpha value is -2.21. The number of rotatable bonds is 2. The number of aliphatic hydroxyl groups excluding tert-OH is 1. The van der Waals surface area contributed by atoms with E-state index in [9.17, 15) is 19.5 Å². The molecule has 21 heavy (non-hydrogen) atoms. The van der Waals surface area contributed by atoms with Gasteiger partial charge in [-0.3, -0.25) is 14.4 Å². The minimum atomic E-state index is -1.05. The average Bonchev–Trinajstić information content (AvgIpc) is 2.77. The van der Waals surface area contributed by atoms with Crippen LogP contribution in [0.5, 0.6) is 0 Å². The van der Waals surface area contributed by atoms with E-state index < -0.39 is 30.1 Å². The van der Waals surface area contributed by atoms with Crippen LogP contribution in [0.4, 0.5) is 0 Å². The first kappa shape index (κ1) is 13.8. The van der Waals surface area contributed by atoms with E-state index in [1.54, 1.807) is 24.3 Å². The fourth-order valence-electron chi connectivity index (χ4n) is 2.76. The fraction of sp³-hybridized carbons (Fsp3) is 0.400. The molecule has 0 aromatic heterocycles. The molecule has 0 aliphatic carbocycles. The van der Waals surface area contributed by atoms with Crippen LogP contribution in [0.25, 0.3) is 0 Å². The summed E-state index contributed by atoms with van der Waals surface area (Å²) in [5, 5.41) is 9.32. The Morgan fingerprint density at radius 3 is 2.05 bits per heavy atom. The third-order valence-electron chi connectivity index (χ3n) is 3.84. The molecule has 2 saturated heterocycles. The van der Waals surface area contributed by atoms with Gasteiger partial charge in [0.15, 0.2) is 0 Å². The lowest BCUT2D eigenvalue weighted by atomic mass is 9.88. The number of esters is 3. The largest absolute Gasteiger partial charge is 0.435 e. The van der Waals surface area contributed by atoms with Crippen LogP contribution < -0.4 is 0 Å². The Balaban J connectivity index is 1.76. The molecular weight excluding hydrogens is 276 g/mol. The number of hydrogen-bond donors (Lipinski definition) is 1. The highest BCUT2D eigenvalue weighted by Gasteiger charge is 2.34. The van der Waals surface area contributed by atoms with Crippen molar-refractivity contribution < 1.29 is 29.0 Å². The van der Waals surface area contributed by atoms with E-state index in [2.05, 4.69) is 4.74 Å². The molecule has 1 N–H and O–H groups in total. The summed E-state index contributed by atoms with van der Waals surface area (Å²) in [6.45, 7) is 0. The molecule has 2 atom stereocenters. The molecule has 6 heteroatoms. The zero-order chi connectivity index (χ0) is 15.0. The number of aliphatic hydroxyl groups is 1.